The van der Waals surface area contributed by atoms with Gasteiger partial charge in [-0.15, -0.1) is 0 Å². The maximum Gasteiger partial charge on any atom is 0.401 e. The first-order valence-electron chi connectivity index (χ1n) is 5.05. The van der Waals surface area contributed by atoms with Gasteiger partial charge in [-0.05, 0) is 25.9 Å². The Morgan fingerprint density at radius 1 is 1.50 bits per heavy atom. The van der Waals surface area contributed by atoms with Crippen molar-refractivity contribution in [2.24, 2.45) is 5.73 Å². The van der Waals surface area contributed by atoms with Crippen LogP contribution in [0.3, 0.4) is 0 Å². The second-order valence-electron chi connectivity index (χ2n) is 3.52. The van der Waals surface area contributed by atoms with Crippen LogP contribution >= 0.6 is 0 Å². The van der Waals surface area contributed by atoms with E-state index in [9.17, 15) is 18.0 Å². The van der Waals surface area contributed by atoms with E-state index < -0.39 is 24.7 Å². The molecule has 0 spiro atoms. The van der Waals surface area contributed by atoms with Crippen LogP contribution in [0.1, 0.15) is 19.8 Å². The lowest BCUT2D eigenvalue weighted by atomic mass is 10.1. The average molecular weight is 242 g/mol. The Morgan fingerprint density at radius 3 is 2.38 bits per heavy atom. The lowest BCUT2D eigenvalue weighted by molar-refractivity contribution is -0.162. The molecule has 1 unspecified atom stereocenters. The molecule has 0 rings (SSSR count). The first-order chi connectivity index (χ1) is 7.31. The first kappa shape index (κ1) is 15.2. The van der Waals surface area contributed by atoms with Crippen LogP contribution in [-0.4, -0.2) is 47.8 Å². The second kappa shape index (κ2) is 6.70. The minimum atomic E-state index is -4.39. The van der Waals surface area contributed by atoms with Crippen LogP contribution in [0.25, 0.3) is 0 Å². The molecule has 0 radical (unpaired) electrons. The lowest BCUT2D eigenvalue weighted by Gasteiger charge is -2.28. The quantitative estimate of drug-likeness (QED) is 0.700. The van der Waals surface area contributed by atoms with E-state index in [1.807, 2.05) is 0 Å². The van der Waals surface area contributed by atoms with Gasteiger partial charge in [-0.1, -0.05) is 6.92 Å². The van der Waals surface area contributed by atoms with Crippen molar-refractivity contribution in [1.82, 2.24) is 4.90 Å². The standard InChI is InChI=1S/C9H17F3N2O2/c1-2-5-14(6-9(10,11)12)7(3-4-13)8(15)16/h7H,2-6,13H2,1H3,(H,15,16). The molecule has 0 saturated carbocycles. The molecule has 0 aromatic rings. The topological polar surface area (TPSA) is 66.6 Å². The minimum Gasteiger partial charge on any atom is -0.480 e. The van der Waals surface area contributed by atoms with E-state index in [0.717, 1.165) is 4.90 Å². The molecule has 0 aliphatic heterocycles. The van der Waals surface area contributed by atoms with Gasteiger partial charge < -0.3 is 10.8 Å². The number of alkyl halides is 3. The molecule has 0 fully saturated rings. The van der Waals surface area contributed by atoms with Crippen LogP contribution in [0.2, 0.25) is 0 Å². The zero-order chi connectivity index (χ0) is 12.8. The van der Waals surface area contributed by atoms with Crippen molar-refractivity contribution >= 4 is 5.97 Å². The fraction of sp³-hybridized carbons (Fsp3) is 0.889. The molecule has 0 saturated heterocycles. The van der Waals surface area contributed by atoms with Crippen molar-refractivity contribution in [1.29, 1.82) is 0 Å². The summed E-state index contributed by atoms with van der Waals surface area (Å²) >= 11 is 0. The highest BCUT2D eigenvalue weighted by Gasteiger charge is 2.35. The molecule has 7 heteroatoms. The lowest BCUT2D eigenvalue weighted by Crippen LogP contribution is -2.47. The monoisotopic (exact) mass is 242 g/mol. The van der Waals surface area contributed by atoms with Gasteiger partial charge in [0.05, 0.1) is 6.54 Å². The largest absolute Gasteiger partial charge is 0.480 e. The summed E-state index contributed by atoms with van der Waals surface area (Å²) < 4.78 is 36.7. The Balaban J connectivity index is 4.63. The summed E-state index contributed by atoms with van der Waals surface area (Å²) in [6.07, 6.45) is -3.91. The number of carboxylic acid groups (broad SMARTS) is 1. The highest BCUT2D eigenvalue weighted by Crippen LogP contribution is 2.19. The van der Waals surface area contributed by atoms with Crippen molar-refractivity contribution in [3.63, 3.8) is 0 Å². The van der Waals surface area contributed by atoms with Gasteiger partial charge >= 0.3 is 12.1 Å². The van der Waals surface area contributed by atoms with Crippen LogP contribution in [0.15, 0.2) is 0 Å². The van der Waals surface area contributed by atoms with Crippen molar-refractivity contribution in [3.8, 4) is 0 Å². The van der Waals surface area contributed by atoms with Gasteiger partial charge in [0.1, 0.15) is 6.04 Å². The summed E-state index contributed by atoms with van der Waals surface area (Å²) in [6, 6.07) is -1.16. The fourth-order valence-corrected chi connectivity index (χ4v) is 1.48. The first-order valence-corrected chi connectivity index (χ1v) is 5.05. The number of aliphatic carboxylic acids is 1. The van der Waals surface area contributed by atoms with E-state index in [1.54, 1.807) is 6.92 Å². The summed E-state index contributed by atoms with van der Waals surface area (Å²) in [5, 5.41) is 8.83. The zero-order valence-electron chi connectivity index (χ0n) is 9.13. The number of hydrogen-bond acceptors (Lipinski definition) is 3. The molecule has 0 aliphatic rings. The molecule has 3 N–H and O–H groups in total. The average Bonchev–Trinajstić information content (AvgIpc) is 2.10. The van der Waals surface area contributed by atoms with E-state index in [0.29, 0.717) is 6.42 Å². The molecule has 1 atom stereocenters. The summed E-state index contributed by atoms with van der Waals surface area (Å²) in [4.78, 5) is 11.7. The normalized spacial score (nSPS) is 14.1. The zero-order valence-corrected chi connectivity index (χ0v) is 9.13. The van der Waals surface area contributed by atoms with E-state index in [2.05, 4.69) is 0 Å². The third-order valence-electron chi connectivity index (χ3n) is 2.06. The Kier molecular flexibility index (Phi) is 6.35. The fourth-order valence-electron chi connectivity index (χ4n) is 1.48. The molecule has 0 aromatic carbocycles. The SMILES string of the molecule is CCCN(CC(F)(F)F)C(CCN)C(=O)O. The van der Waals surface area contributed by atoms with E-state index in [4.69, 9.17) is 10.8 Å². The van der Waals surface area contributed by atoms with Gasteiger partial charge in [0.15, 0.2) is 0 Å². The van der Waals surface area contributed by atoms with Crippen LogP contribution in [-0.2, 0) is 4.79 Å². The molecule has 96 valence electrons. The van der Waals surface area contributed by atoms with Crippen LogP contribution < -0.4 is 5.73 Å². The molecule has 0 heterocycles. The number of rotatable bonds is 7. The Bertz CT molecular complexity index is 221. The van der Waals surface area contributed by atoms with Crippen LogP contribution in [0, 0.1) is 0 Å². The number of carbonyl (C=O) groups is 1. The molecular formula is C9H17F3N2O2. The van der Waals surface area contributed by atoms with Gasteiger partial charge in [-0.2, -0.15) is 13.2 Å². The van der Waals surface area contributed by atoms with Crippen LogP contribution in [0.5, 0.6) is 0 Å². The smallest absolute Gasteiger partial charge is 0.401 e. The summed E-state index contributed by atoms with van der Waals surface area (Å²) in [6.45, 7) is 0.633. The van der Waals surface area contributed by atoms with Crippen molar-refractivity contribution in [2.45, 2.75) is 32.0 Å². The van der Waals surface area contributed by atoms with Gasteiger partial charge in [0.25, 0.3) is 0 Å². The van der Waals surface area contributed by atoms with Crippen molar-refractivity contribution in [2.75, 3.05) is 19.6 Å². The summed E-state index contributed by atoms with van der Waals surface area (Å²) in [5.41, 5.74) is 5.19. The molecule has 0 amide bonds. The second-order valence-corrected chi connectivity index (χ2v) is 3.52. The molecule has 0 aliphatic carbocycles. The van der Waals surface area contributed by atoms with Crippen molar-refractivity contribution in [3.05, 3.63) is 0 Å². The third kappa shape index (κ3) is 5.92. The van der Waals surface area contributed by atoms with E-state index in [1.165, 1.54) is 0 Å². The predicted octanol–water partition coefficient (Wildman–Crippen LogP) is 1.06. The Hall–Kier alpha value is -0.820. The molecular weight excluding hydrogens is 225 g/mol. The van der Waals surface area contributed by atoms with Crippen molar-refractivity contribution < 1.29 is 23.1 Å². The van der Waals surface area contributed by atoms with E-state index >= 15 is 0 Å². The third-order valence-corrected chi connectivity index (χ3v) is 2.06. The number of carboxylic acids is 1. The number of hydrogen-bond donors (Lipinski definition) is 2. The Labute approximate surface area is 92.2 Å². The maximum absolute atomic E-state index is 12.2. The maximum atomic E-state index is 12.2. The summed E-state index contributed by atoms with van der Waals surface area (Å²) in [5.74, 6) is -1.26. The molecule has 4 nitrogen and oxygen atoms in total. The highest BCUT2D eigenvalue weighted by molar-refractivity contribution is 5.73. The van der Waals surface area contributed by atoms with Crippen LogP contribution in [0.4, 0.5) is 13.2 Å². The van der Waals surface area contributed by atoms with Gasteiger partial charge in [0.2, 0.25) is 0 Å². The summed E-state index contributed by atoms with van der Waals surface area (Å²) in [7, 11) is 0. The predicted molar refractivity (Wildman–Crippen MR) is 53.0 cm³/mol. The van der Waals surface area contributed by atoms with Gasteiger partial charge in [-0.25, -0.2) is 0 Å². The van der Waals surface area contributed by atoms with E-state index in [-0.39, 0.29) is 19.5 Å². The number of nitrogens with zero attached hydrogens (tertiary/aromatic N) is 1. The minimum absolute atomic E-state index is 0.0193. The highest BCUT2D eigenvalue weighted by atomic mass is 19.4. The molecule has 16 heavy (non-hydrogen) atoms. The molecule has 0 bridgehead atoms. The number of halogens is 3. The number of nitrogens with two attached hydrogens (primary N) is 1. The van der Waals surface area contributed by atoms with Gasteiger partial charge in [-0.3, -0.25) is 9.69 Å². The van der Waals surface area contributed by atoms with Gasteiger partial charge in [0, 0.05) is 0 Å². The molecule has 0 aromatic heterocycles. The Morgan fingerprint density at radius 2 is 2.06 bits per heavy atom.